The van der Waals surface area contributed by atoms with Crippen molar-refractivity contribution in [2.24, 2.45) is 4.99 Å². The van der Waals surface area contributed by atoms with Crippen LogP contribution in [0.25, 0.3) is 0 Å². The molecule has 1 rings (SSSR count). The van der Waals surface area contributed by atoms with E-state index in [1.807, 2.05) is 20.8 Å². The molecule has 2 heteroatoms. The van der Waals surface area contributed by atoms with Gasteiger partial charge in [-0.05, 0) is 20.8 Å². The summed E-state index contributed by atoms with van der Waals surface area (Å²) in [6.45, 7) is 5.96. The minimum absolute atomic E-state index is 0.0880. The zero-order valence-corrected chi connectivity index (χ0v) is 5.51. The fourth-order valence-corrected chi connectivity index (χ4v) is 0.816. The Balaban J connectivity index is 2.59. The van der Waals surface area contributed by atoms with Gasteiger partial charge < -0.3 is 4.74 Å². The van der Waals surface area contributed by atoms with Gasteiger partial charge in [-0.25, -0.2) is 0 Å². The van der Waals surface area contributed by atoms with Crippen molar-refractivity contribution < 1.29 is 4.74 Å². The van der Waals surface area contributed by atoms with Crippen molar-refractivity contribution in [2.75, 3.05) is 0 Å². The summed E-state index contributed by atoms with van der Waals surface area (Å²) in [5.74, 6) is 0. The highest BCUT2D eigenvalue weighted by molar-refractivity contribution is 5.87. The molecule has 46 valence electrons. The predicted octanol–water partition coefficient (Wildman–Crippen LogP) is 1.21. The van der Waals surface area contributed by atoms with Gasteiger partial charge in [0.25, 0.3) is 0 Å². The van der Waals surface area contributed by atoms with Crippen LogP contribution in [0.15, 0.2) is 4.99 Å². The molecule has 2 atom stereocenters. The third kappa shape index (κ3) is 0.892. The third-order valence-electron chi connectivity index (χ3n) is 1.37. The van der Waals surface area contributed by atoms with Gasteiger partial charge in [0.2, 0.25) is 0 Å². The first kappa shape index (κ1) is 5.76. The second-order valence-corrected chi connectivity index (χ2v) is 2.15. The monoisotopic (exact) mass is 113 g/mol. The lowest BCUT2D eigenvalue weighted by atomic mass is 10.3. The van der Waals surface area contributed by atoms with Crippen LogP contribution in [0.4, 0.5) is 0 Å². The maximum Gasteiger partial charge on any atom is 0.146 e. The van der Waals surface area contributed by atoms with E-state index in [-0.39, 0.29) is 12.3 Å². The first-order chi connectivity index (χ1) is 3.70. The van der Waals surface area contributed by atoms with Gasteiger partial charge in [0.1, 0.15) is 6.23 Å². The Morgan fingerprint density at radius 1 is 1.50 bits per heavy atom. The van der Waals surface area contributed by atoms with E-state index in [4.69, 9.17) is 4.74 Å². The number of aliphatic imine (C=N–C) groups is 1. The molecule has 0 aliphatic carbocycles. The molecule has 1 heterocycles. The minimum Gasteiger partial charge on any atom is -0.348 e. The van der Waals surface area contributed by atoms with Crippen molar-refractivity contribution in [1.82, 2.24) is 0 Å². The van der Waals surface area contributed by atoms with Gasteiger partial charge in [-0.15, -0.1) is 0 Å². The molecule has 2 nitrogen and oxygen atoms in total. The minimum atomic E-state index is 0.0880. The van der Waals surface area contributed by atoms with Gasteiger partial charge in [0.05, 0.1) is 6.10 Å². The number of nitrogens with zero attached hydrogens (tertiary/aromatic N) is 1. The van der Waals surface area contributed by atoms with Crippen LogP contribution < -0.4 is 0 Å². The molecule has 0 bridgehead atoms. The first-order valence-corrected chi connectivity index (χ1v) is 2.90. The summed E-state index contributed by atoms with van der Waals surface area (Å²) in [7, 11) is 0. The van der Waals surface area contributed by atoms with Crippen LogP contribution in [0.5, 0.6) is 0 Å². The molecule has 0 radical (unpaired) electrons. The molecular formula is C6H11NO. The molecule has 0 aromatic carbocycles. The summed E-state index contributed by atoms with van der Waals surface area (Å²) < 4.78 is 5.27. The van der Waals surface area contributed by atoms with E-state index in [0.717, 1.165) is 5.71 Å². The Morgan fingerprint density at radius 3 is 2.25 bits per heavy atom. The van der Waals surface area contributed by atoms with Crippen molar-refractivity contribution >= 4 is 5.71 Å². The zero-order chi connectivity index (χ0) is 6.15. The molecule has 1 aliphatic heterocycles. The Morgan fingerprint density at radius 2 is 2.12 bits per heavy atom. The molecule has 0 fully saturated rings. The van der Waals surface area contributed by atoms with Crippen LogP contribution in [0, 0.1) is 0 Å². The largest absolute Gasteiger partial charge is 0.348 e. The zero-order valence-electron chi connectivity index (χ0n) is 5.51. The maximum absolute atomic E-state index is 5.27. The lowest BCUT2D eigenvalue weighted by Gasteiger charge is -2.01. The second-order valence-electron chi connectivity index (χ2n) is 2.15. The van der Waals surface area contributed by atoms with Gasteiger partial charge in [0, 0.05) is 5.71 Å². The van der Waals surface area contributed by atoms with Crippen molar-refractivity contribution in [3.05, 3.63) is 0 Å². The SMILES string of the molecule is CC1=N[C@H](C)O[C@@H]1C. The predicted molar refractivity (Wildman–Crippen MR) is 33.1 cm³/mol. The summed E-state index contributed by atoms with van der Waals surface area (Å²) in [5.41, 5.74) is 1.11. The molecule has 0 amide bonds. The highest BCUT2D eigenvalue weighted by atomic mass is 16.5. The van der Waals surface area contributed by atoms with Crippen LogP contribution in [-0.4, -0.2) is 18.0 Å². The molecule has 0 aromatic heterocycles. The summed E-state index contributed by atoms with van der Waals surface area (Å²) in [6.07, 6.45) is 0.329. The number of hydrogen-bond donors (Lipinski definition) is 0. The van der Waals surface area contributed by atoms with E-state index in [9.17, 15) is 0 Å². The van der Waals surface area contributed by atoms with Crippen LogP contribution in [0.2, 0.25) is 0 Å². The number of hydrogen-bond acceptors (Lipinski definition) is 2. The average Bonchev–Trinajstić information content (AvgIpc) is 1.85. The van der Waals surface area contributed by atoms with E-state index >= 15 is 0 Å². The molecule has 0 aromatic rings. The third-order valence-corrected chi connectivity index (χ3v) is 1.37. The summed E-state index contributed by atoms with van der Waals surface area (Å²) in [4.78, 5) is 4.16. The quantitative estimate of drug-likeness (QED) is 0.462. The van der Waals surface area contributed by atoms with Gasteiger partial charge in [-0.1, -0.05) is 0 Å². The molecule has 0 unspecified atom stereocenters. The van der Waals surface area contributed by atoms with Crippen LogP contribution in [0.1, 0.15) is 20.8 Å². The van der Waals surface area contributed by atoms with Crippen molar-refractivity contribution in [3.63, 3.8) is 0 Å². The van der Waals surface area contributed by atoms with Crippen LogP contribution >= 0.6 is 0 Å². The normalized spacial score (nSPS) is 37.6. The van der Waals surface area contributed by atoms with Crippen molar-refractivity contribution in [3.8, 4) is 0 Å². The Labute approximate surface area is 49.6 Å². The maximum atomic E-state index is 5.27. The lowest BCUT2D eigenvalue weighted by Crippen LogP contribution is -2.11. The highest BCUT2D eigenvalue weighted by Gasteiger charge is 2.16. The Kier molecular flexibility index (Phi) is 1.34. The molecule has 0 spiro atoms. The van der Waals surface area contributed by atoms with Gasteiger partial charge in [-0.3, -0.25) is 4.99 Å². The first-order valence-electron chi connectivity index (χ1n) is 2.90. The average molecular weight is 113 g/mol. The van der Waals surface area contributed by atoms with Gasteiger partial charge in [-0.2, -0.15) is 0 Å². The van der Waals surface area contributed by atoms with Crippen molar-refractivity contribution in [1.29, 1.82) is 0 Å². The van der Waals surface area contributed by atoms with Gasteiger partial charge in [0.15, 0.2) is 0 Å². The van der Waals surface area contributed by atoms with Crippen LogP contribution in [0.3, 0.4) is 0 Å². The van der Waals surface area contributed by atoms with Crippen LogP contribution in [-0.2, 0) is 4.74 Å². The Hall–Kier alpha value is -0.370. The number of rotatable bonds is 0. The second kappa shape index (κ2) is 1.86. The van der Waals surface area contributed by atoms with E-state index in [2.05, 4.69) is 4.99 Å². The van der Waals surface area contributed by atoms with E-state index in [0.29, 0.717) is 0 Å². The highest BCUT2D eigenvalue weighted by Crippen LogP contribution is 2.09. The topological polar surface area (TPSA) is 21.6 Å². The fraction of sp³-hybridized carbons (Fsp3) is 0.833. The van der Waals surface area contributed by atoms with E-state index in [1.54, 1.807) is 0 Å². The van der Waals surface area contributed by atoms with Gasteiger partial charge >= 0.3 is 0 Å². The molecule has 0 saturated heterocycles. The molecule has 0 saturated carbocycles. The van der Waals surface area contributed by atoms with E-state index < -0.39 is 0 Å². The summed E-state index contributed by atoms with van der Waals surface area (Å²) in [5, 5.41) is 0. The number of ether oxygens (including phenoxy) is 1. The molecular weight excluding hydrogens is 102 g/mol. The molecule has 0 N–H and O–H groups in total. The van der Waals surface area contributed by atoms with E-state index in [1.165, 1.54) is 0 Å². The Bertz CT molecular complexity index is 120. The fourth-order valence-electron chi connectivity index (χ4n) is 0.816. The lowest BCUT2D eigenvalue weighted by molar-refractivity contribution is 0.0723. The standard InChI is InChI=1S/C6H11NO/c1-4-5(2)8-6(3)7-4/h5-6H,1-3H3/t5-,6+/m1/s1. The summed E-state index contributed by atoms with van der Waals surface area (Å²) in [6, 6.07) is 0. The smallest absolute Gasteiger partial charge is 0.146 e. The molecule has 1 aliphatic rings. The van der Waals surface area contributed by atoms with Crippen molar-refractivity contribution in [2.45, 2.75) is 33.1 Å². The summed E-state index contributed by atoms with van der Waals surface area (Å²) >= 11 is 0. The molecule has 8 heavy (non-hydrogen) atoms.